The third-order valence-corrected chi connectivity index (χ3v) is 3.95. The molecule has 3 rings (SSSR count). The van der Waals surface area contributed by atoms with E-state index in [9.17, 15) is 0 Å². The Labute approximate surface area is 111 Å². The van der Waals surface area contributed by atoms with E-state index in [1.54, 1.807) is 0 Å². The predicted molar refractivity (Wildman–Crippen MR) is 78.0 cm³/mol. The van der Waals surface area contributed by atoms with E-state index in [0.717, 1.165) is 27.3 Å². The molecule has 4 N–H and O–H groups in total. The van der Waals surface area contributed by atoms with Gasteiger partial charge in [0.1, 0.15) is 0 Å². The van der Waals surface area contributed by atoms with Crippen LogP contribution in [0.5, 0.6) is 0 Å². The molecule has 0 radical (unpaired) electrons. The second-order valence-electron chi connectivity index (χ2n) is 4.31. The Kier molecular flexibility index (Phi) is 2.31. The van der Waals surface area contributed by atoms with E-state index in [2.05, 4.69) is 25.3 Å². The molecular formula is C13H12N2S2. The van der Waals surface area contributed by atoms with Gasteiger partial charge in [0, 0.05) is 21.2 Å². The number of thiol groups is 2. The fourth-order valence-corrected chi connectivity index (χ4v) is 2.74. The van der Waals surface area contributed by atoms with Gasteiger partial charge in [-0.15, -0.1) is 25.3 Å². The van der Waals surface area contributed by atoms with Crippen LogP contribution in [0.15, 0.2) is 34.1 Å². The molecular weight excluding hydrogens is 248 g/mol. The highest BCUT2D eigenvalue weighted by atomic mass is 32.1. The third kappa shape index (κ3) is 1.59. The minimum absolute atomic E-state index is 0.702. The molecule has 17 heavy (non-hydrogen) atoms. The lowest BCUT2D eigenvalue weighted by Gasteiger charge is -2.06. The van der Waals surface area contributed by atoms with E-state index in [0.29, 0.717) is 11.4 Å². The number of nitrogen functional groups attached to an aromatic ring is 2. The number of hydrogen-bond acceptors (Lipinski definition) is 4. The van der Waals surface area contributed by atoms with Crippen molar-refractivity contribution < 1.29 is 0 Å². The van der Waals surface area contributed by atoms with Crippen LogP contribution in [0.1, 0.15) is 11.1 Å². The lowest BCUT2D eigenvalue weighted by atomic mass is 10.0. The summed E-state index contributed by atoms with van der Waals surface area (Å²) in [4.78, 5) is 1.66. The third-order valence-electron chi connectivity index (χ3n) is 3.18. The molecule has 0 heterocycles. The minimum atomic E-state index is 0.702. The van der Waals surface area contributed by atoms with Crippen molar-refractivity contribution in [2.45, 2.75) is 16.2 Å². The largest absolute Gasteiger partial charge is 0.398 e. The molecule has 2 nitrogen and oxygen atoms in total. The molecule has 86 valence electrons. The summed E-state index contributed by atoms with van der Waals surface area (Å²) < 4.78 is 0. The molecule has 0 aliphatic heterocycles. The first kappa shape index (κ1) is 10.9. The summed E-state index contributed by atoms with van der Waals surface area (Å²) >= 11 is 8.70. The number of nitrogens with two attached hydrogens (primary N) is 2. The maximum Gasteiger partial charge on any atom is 0.0456 e. The number of benzene rings is 2. The highest BCUT2D eigenvalue weighted by Crippen LogP contribution is 2.41. The van der Waals surface area contributed by atoms with Gasteiger partial charge in [0.25, 0.3) is 0 Å². The monoisotopic (exact) mass is 260 g/mol. The normalized spacial score (nSPS) is 12.4. The smallest absolute Gasteiger partial charge is 0.0456 e. The van der Waals surface area contributed by atoms with Crippen LogP contribution in [0.3, 0.4) is 0 Å². The van der Waals surface area contributed by atoms with E-state index in [4.69, 9.17) is 11.5 Å². The van der Waals surface area contributed by atoms with Crippen LogP contribution < -0.4 is 11.5 Å². The average Bonchev–Trinajstić information content (AvgIpc) is 2.58. The zero-order valence-electron chi connectivity index (χ0n) is 9.07. The predicted octanol–water partition coefficient (Wildman–Crippen LogP) is 3.00. The Morgan fingerprint density at radius 2 is 1.18 bits per heavy atom. The van der Waals surface area contributed by atoms with Crippen LogP contribution in [-0.4, -0.2) is 0 Å². The fraction of sp³-hybridized carbons (Fsp3) is 0.0769. The van der Waals surface area contributed by atoms with Gasteiger partial charge in [-0.1, -0.05) is 0 Å². The summed E-state index contributed by atoms with van der Waals surface area (Å²) in [6.07, 6.45) is 0.895. The molecule has 1 aliphatic rings. The molecule has 2 aromatic rings. The number of fused-ring (bicyclic) bond motifs is 3. The van der Waals surface area contributed by atoms with E-state index in [1.807, 2.05) is 24.3 Å². The van der Waals surface area contributed by atoms with Crippen molar-refractivity contribution in [2.75, 3.05) is 11.5 Å². The van der Waals surface area contributed by atoms with Crippen LogP contribution >= 0.6 is 25.3 Å². The number of anilines is 2. The molecule has 1 aliphatic carbocycles. The Balaban J connectivity index is 2.27. The topological polar surface area (TPSA) is 52.0 Å². The highest BCUT2D eigenvalue weighted by Gasteiger charge is 2.20. The molecule has 0 saturated carbocycles. The summed E-state index contributed by atoms with van der Waals surface area (Å²) in [5, 5.41) is 0. The molecule has 0 atom stereocenters. The first-order valence-corrected chi connectivity index (χ1v) is 6.19. The van der Waals surface area contributed by atoms with Gasteiger partial charge in [-0.2, -0.15) is 0 Å². The lowest BCUT2D eigenvalue weighted by Crippen LogP contribution is -1.90. The van der Waals surface area contributed by atoms with Crippen LogP contribution in [0.4, 0.5) is 11.4 Å². The molecule has 0 unspecified atom stereocenters. The molecule has 0 saturated heterocycles. The number of rotatable bonds is 0. The lowest BCUT2D eigenvalue weighted by molar-refractivity contribution is 1.22. The van der Waals surface area contributed by atoms with Gasteiger partial charge >= 0.3 is 0 Å². The van der Waals surface area contributed by atoms with Crippen molar-refractivity contribution in [3.63, 3.8) is 0 Å². The molecule has 0 fully saturated rings. The summed E-state index contributed by atoms with van der Waals surface area (Å²) in [5.74, 6) is 0. The molecule has 0 aromatic heterocycles. The van der Waals surface area contributed by atoms with Crippen molar-refractivity contribution in [1.82, 2.24) is 0 Å². The van der Waals surface area contributed by atoms with Crippen LogP contribution in [0.2, 0.25) is 0 Å². The van der Waals surface area contributed by atoms with E-state index < -0.39 is 0 Å². The van der Waals surface area contributed by atoms with Crippen molar-refractivity contribution >= 4 is 36.6 Å². The van der Waals surface area contributed by atoms with Crippen LogP contribution in [0, 0.1) is 0 Å². The van der Waals surface area contributed by atoms with Crippen molar-refractivity contribution in [3.05, 3.63) is 35.4 Å². The summed E-state index contributed by atoms with van der Waals surface area (Å²) in [5.41, 5.74) is 18.0. The highest BCUT2D eigenvalue weighted by molar-refractivity contribution is 7.80. The Morgan fingerprint density at radius 3 is 1.59 bits per heavy atom. The summed E-state index contributed by atoms with van der Waals surface area (Å²) in [6, 6.07) is 8.01. The van der Waals surface area contributed by atoms with Crippen LogP contribution in [0.25, 0.3) is 11.1 Å². The van der Waals surface area contributed by atoms with Crippen molar-refractivity contribution in [2.24, 2.45) is 0 Å². The van der Waals surface area contributed by atoms with Crippen LogP contribution in [-0.2, 0) is 6.42 Å². The zero-order valence-corrected chi connectivity index (χ0v) is 10.9. The van der Waals surface area contributed by atoms with E-state index >= 15 is 0 Å². The molecule has 0 spiro atoms. The Morgan fingerprint density at radius 1 is 0.765 bits per heavy atom. The minimum Gasteiger partial charge on any atom is -0.398 e. The summed E-state index contributed by atoms with van der Waals surface area (Å²) in [6.45, 7) is 0. The standard InChI is InChI=1S/C13H12N2S2/c14-10-4-8-6(2-12(10)16)1-7-3-13(17)11(15)5-9(7)8/h2-5,16-17H,1,14-15H2. The fourth-order valence-electron chi connectivity index (χ4n) is 2.30. The maximum absolute atomic E-state index is 5.90. The van der Waals surface area contributed by atoms with E-state index in [-0.39, 0.29) is 0 Å². The molecule has 2 aromatic carbocycles. The molecule has 0 bridgehead atoms. The van der Waals surface area contributed by atoms with E-state index in [1.165, 1.54) is 11.1 Å². The van der Waals surface area contributed by atoms with Gasteiger partial charge in [0.2, 0.25) is 0 Å². The first-order chi connectivity index (χ1) is 8.06. The zero-order chi connectivity index (χ0) is 12.2. The second kappa shape index (κ2) is 3.62. The molecule has 4 heteroatoms. The second-order valence-corrected chi connectivity index (χ2v) is 5.28. The van der Waals surface area contributed by atoms with Gasteiger partial charge < -0.3 is 11.5 Å². The van der Waals surface area contributed by atoms with Gasteiger partial charge in [-0.05, 0) is 52.9 Å². The Hall–Kier alpha value is -1.26. The van der Waals surface area contributed by atoms with Gasteiger partial charge in [0.05, 0.1) is 0 Å². The SMILES string of the molecule is Nc1cc2c(cc1S)Cc1cc(S)c(N)cc1-2. The van der Waals surface area contributed by atoms with Gasteiger partial charge in [0.15, 0.2) is 0 Å². The molecule has 0 amide bonds. The van der Waals surface area contributed by atoms with Crippen molar-refractivity contribution in [1.29, 1.82) is 0 Å². The maximum atomic E-state index is 5.90. The number of hydrogen-bond donors (Lipinski definition) is 4. The van der Waals surface area contributed by atoms with Gasteiger partial charge in [-0.25, -0.2) is 0 Å². The Bertz CT molecular complexity index is 580. The van der Waals surface area contributed by atoms with Gasteiger partial charge in [-0.3, -0.25) is 0 Å². The first-order valence-electron chi connectivity index (χ1n) is 5.29. The van der Waals surface area contributed by atoms with Crippen molar-refractivity contribution in [3.8, 4) is 11.1 Å². The quantitative estimate of drug-likeness (QED) is 0.371. The average molecular weight is 260 g/mol. The summed E-state index contributed by atoms with van der Waals surface area (Å²) in [7, 11) is 0.